The molecule has 1 heterocycles. The normalized spacial score (nSPS) is 16.5. The molecule has 1 unspecified atom stereocenters. The fraction of sp³-hybridized carbons (Fsp3) is 0.412. The summed E-state index contributed by atoms with van der Waals surface area (Å²) in [5.41, 5.74) is 4.90. The lowest BCUT2D eigenvalue weighted by Gasteiger charge is -2.29. The van der Waals surface area contributed by atoms with Gasteiger partial charge in [-0.1, -0.05) is 6.07 Å². The maximum Gasteiger partial charge on any atom is 0.416 e. The highest BCUT2D eigenvalue weighted by molar-refractivity contribution is 5.92. The van der Waals surface area contributed by atoms with E-state index in [2.05, 4.69) is 10.4 Å². The van der Waals surface area contributed by atoms with Crippen LogP contribution in [-0.4, -0.2) is 27.8 Å². The number of aromatic nitrogens is 2. The molecule has 1 fully saturated rings. The van der Waals surface area contributed by atoms with Gasteiger partial charge in [0.05, 0.1) is 16.8 Å². The molecule has 0 saturated heterocycles. The van der Waals surface area contributed by atoms with Crippen molar-refractivity contribution in [2.75, 3.05) is 6.54 Å². The van der Waals surface area contributed by atoms with Crippen LogP contribution in [0.2, 0.25) is 0 Å². The summed E-state index contributed by atoms with van der Waals surface area (Å²) < 4.78 is 39.7. The molecule has 1 aromatic heterocycles. The SMILES string of the molecule is CC(CN)(NC(=O)c1ccn(-c2cccc(C(F)(F)F)c2)n1)C1CC1.Cl. The second kappa shape index (κ2) is 7.28. The van der Waals surface area contributed by atoms with E-state index in [4.69, 9.17) is 5.73 Å². The first-order valence-corrected chi connectivity index (χ1v) is 7.99. The van der Waals surface area contributed by atoms with Crippen LogP contribution in [0.4, 0.5) is 13.2 Å². The van der Waals surface area contributed by atoms with Crippen LogP contribution in [0.3, 0.4) is 0 Å². The van der Waals surface area contributed by atoms with Gasteiger partial charge in [-0.2, -0.15) is 18.3 Å². The molecular formula is C17H20ClF3N4O. The molecule has 9 heteroatoms. The van der Waals surface area contributed by atoms with E-state index in [1.54, 1.807) is 0 Å². The number of alkyl halides is 3. The fourth-order valence-electron chi connectivity index (χ4n) is 2.78. The van der Waals surface area contributed by atoms with Gasteiger partial charge in [0.25, 0.3) is 5.91 Å². The number of carbonyl (C=O) groups excluding carboxylic acids is 1. The van der Waals surface area contributed by atoms with Crippen LogP contribution < -0.4 is 11.1 Å². The van der Waals surface area contributed by atoms with Crippen LogP contribution >= 0.6 is 12.4 Å². The Kier molecular flexibility index (Phi) is 5.67. The number of benzene rings is 1. The second-order valence-electron chi connectivity index (χ2n) is 6.54. The largest absolute Gasteiger partial charge is 0.416 e. The first-order valence-electron chi connectivity index (χ1n) is 7.99. The Morgan fingerprint density at radius 2 is 2.04 bits per heavy atom. The minimum atomic E-state index is -4.43. The molecule has 0 aliphatic heterocycles. The summed E-state index contributed by atoms with van der Waals surface area (Å²) in [4.78, 5) is 12.4. The summed E-state index contributed by atoms with van der Waals surface area (Å²) in [6.45, 7) is 2.21. The quantitative estimate of drug-likeness (QED) is 0.826. The molecule has 1 saturated carbocycles. The number of halogens is 4. The summed E-state index contributed by atoms with van der Waals surface area (Å²) in [6.07, 6.45) is -0.933. The van der Waals surface area contributed by atoms with E-state index in [-0.39, 0.29) is 29.7 Å². The Hall–Kier alpha value is -2.06. The summed E-state index contributed by atoms with van der Waals surface area (Å²) in [5, 5.41) is 7.00. The number of carbonyl (C=O) groups is 1. The molecule has 1 aliphatic rings. The first-order chi connectivity index (χ1) is 11.7. The molecule has 0 bridgehead atoms. The fourth-order valence-corrected chi connectivity index (χ4v) is 2.78. The van der Waals surface area contributed by atoms with Gasteiger partial charge in [-0.15, -0.1) is 12.4 Å². The van der Waals surface area contributed by atoms with E-state index < -0.39 is 17.3 Å². The van der Waals surface area contributed by atoms with Crippen LogP contribution in [0.25, 0.3) is 5.69 Å². The van der Waals surface area contributed by atoms with Gasteiger partial charge in [-0.25, -0.2) is 4.68 Å². The number of nitrogens with zero attached hydrogens (tertiary/aromatic N) is 2. The van der Waals surface area contributed by atoms with Crippen molar-refractivity contribution in [2.24, 2.45) is 11.7 Å². The lowest BCUT2D eigenvalue weighted by Crippen LogP contribution is -2.53. The maximum absolute atomic E-state index is 12.8. The van der Waals surface area contributed by atoms with Gasteiger partial charge in [0.15, 0.2) is 5.69 Å². The standard InChI is InChI=1S/C17H19F3N4O.ClH/c1-16(10-21,11-5-6-11)22-15(25)14-7-8-24(23-14)13-4-2-3-12(9-13)17(18,19)20;/h2-4,7-9,11H,5-6,10,21H2,1H3,(H,22,25);1H. The highest BCUT2D eigenvalue weighted by Gasteiger charge is 2.41. The van der Waals surface area contributed by atoms with E-state index in [0.717, 1.165) is 25.0 Å². The number of nitrogens with two attached hydrogens (primary N) is 1. The molecule has 1 atom stereocenters. The van der Waals surface area contributed by atoms with Crippen LogP contribution in [0, 0.1) is 5.92 Å². The number of hydrogen-bond acceptors (Lipinski definition) is 3. The highest BCUT2D eigenvalue weighted by atomic mass is 35.5. The summed E-state index contributed by atoms with van der Waals surface area (Å²) >= 11 is 0. The number of amides is 1. The zero-order chi connectivity index (χ0) is 18.2. The van der Waals surface area contributed by atoms with Crippen molar-refractivity contribution in [3.8, 4) is 5.69 Å². The lowest BCUT2D eigenvalue weighted by atomic mass is 9.96. The molecule has 1 aliphatic carbocycles. The van der Waals surface area contributed by atoms with Gasteiger partial charge in [-0.3, -0.25) is 4.79 Å². The molecule has 0 radical (unpaired) electrons. The molecule has 3 rings (SSSR count). The van der Waals surface area contributed by atoms with Gasteiger partial charge in [0, 0.05) is 12.7 Å². The van der Waals surface area contributed by atoms with Crippen LogP contribution in [0.5, 0.6) is 0 Å². The third kappa shape index (κ3) is 4.19. The molecule has 142 valence electrons. The van der Waals surface area contributed by atoms with Gasteiger partial charge in [0.2, 0.25) is 0 Å². The van der Waals surface area contributed by atoms with Crippen molar-refractivity contribution in [3.05, 3.63) is 47.8 Å². The highest BCUT2D eigenvalue weighted by Crippen LogP contribution is 2.39. The molecule has 2 aromatic rings. The van der Waals surface area contributed by atoms with Crippen molar-refractivity contribution in [1.82, 2.24) is 15.1 Å². The van der Waals surface area contributed by atoms with Crippen LogP contribution in [0.1, 0.15) is 35.8 Å². The summed E-state index contributed by atoms with van der Waals surface area (Å²) in [7, 11) is 0. The Morgan fingerprint density at radius 1 is 1.35 bits per heavy atom. The number of nitrogens with one attached hydrogen (secondary N) is 1. The van der Waals surface area contributed by atoms with E-state index in [1.807, 2.05) is 6.92 Å². The monoisotopic (exact) mass is 388 g/mol. The van der Waals surface area contributed by atoms with E-state index in [9.17, 15) is 18.0 Å². The third-order valence-corrected chi connectivity index (χ3v) is 4.56. The van der Waals surface area contributed by atoms with E-state index in [0.29, 0.717) is 12.5 Å². The first kappa shape index (κ1) is 20.3. The number of hydrogen-bond donors (Lipinski definition) is 2. The predicted octanol–water partition coefficient (Wildman–Crippen LogP) is 3.17. The topological polar surface area (TPSA) is 72.9 Å². The molecule has 5 nitrogen and oxygen atoms in total. The lowest BCUT2D eigenvalue weighted by molar-refractivity contribution is -0.137. The van der Waals surface area contributed by atoms with Crippen molar-refractivity contribution < 1.29 is 18.0 Å². The molecule has 1 aromatic carbocycles. The van der Waals surface area contributed by atoms with Crippen molar-refractivity contribution in [1.29, 1.82) is 0 Å². The second-order valence-corrected chi connectivity index (χ2v) is 6.54. The zero-order valence-electron chi connectivity index (χ0n) is 14.1. The molecule has 0 spiro atoms. The molecule has 26 heavy (non-hydrogen) atoms. The molecule has 1 amide bonds. The third-order valence-electron chi connectivity index (χ3n) is 4.56. The zero-order valence-corrected chi connectivity index (χ0v) is 14.9. The average molecular weight is 389 g/mol. The van der Waals surface area contributed by atoms with Gasteiger partial charge in [-0.05, 0) is 49.9 Å². The Bertz CT molecular complexity index is 788. The minimum absolute atomic E-state index is 0. The predicted molar refractivity (Wildman–Crippen MR) is 93.5 cm³/mol. The van der Waals surface area contributed by atoms with Gasteiger partial charge >= 0.3 is 6.18 Å². The minimum Gasteiger partial charge on any atom is -0.344 e. The Labute approximate surface area is 155 Å². The van der Waals surface area contributed by atoms with Gasteiger partial charge in [0.1, 0.15) is 0 Å². The Morgan fingerprint density at radius 3 is 2.62 bits per heavy atom. The average Bonchev–Trinajstić information content (AvgIpc) is 3.31. The van der Waals surface area contributed by atoms with Crippen LogP contribution in [-0.2, 0) is 6.18 Å². The summed E-state index contributed by atoms with van der Waals surface area (Å²) in [6, 6.07) is 6.25. The summed E-state index contributed by atoms with van der Waals surface area (Å²) in [5.74, 6) is -0.0300. The van der Waals surface area contributed by atoms with Crippen molar-refractivity contribution >= 4 is 18.3 Å². The molecule has 3 N–H and O–H groups in total. The Balaban J connectivity index is 0.00000243. The van der Waals surface area contributed by atoms with Crippen molar-refractivity contribution in [3.63, 3.8) is 0 Å². The molecular weight excluding hydrogens is 369 g/mol. The van der Waals surface area contributed by atoms with E-state index in [1.165, 1.54) is 29.1 Å². The van der Waals surface area contributed by atoms with Crippen molar-refractivity contribution in [2.45, 2.75) is 31.5 Å². The smallest absolute Gasteiger partial charge is 0.344 e. The van der Waals surface area contributed by atoms with Crippen LogP contribution in [0.15, 0.2) is 36.5 Å². The number of rotatable bonds is 5. The maximum atomic E-state index is 12.8. The van der Waals surface area contributed by atoms with E-state index >= 15 is 0 Å². The van der Waals surface area contributed by atoms with Gasteiger partial charge < -0.3 is 11.1 Å².